The molecule has 27 heavy (non-hydrogen) atoms. The van der Waals surface area contributed by atoms with Crippen LogP contribution in [-0.2, 0) is 4.79 Å². The van der Waals surface area contributed by atoms with Gasteiger partial charge in [-0.05, 0) is 37.3 Å². The van der Waals surface area contributed by atoms with Gasteiger partial charge in [0.2, 0.25) is 5.95 Å². The molecular formula is C19H24BrN5O2. The van der Waals surface area contributed by atoms with E-state index in [0.29, 0.717) is 12.3 Å². The number of hydrogen-bond acceptors (Lipinski definition) is 6. The monoisotopic (exact) mass is 433 g/mol. The summed E-state index contributed by atoms with van der Waals surface area (Å²) in [5.74, 6) is 1.36. The van der Waals surface area contributed by atoms with Crippen LogP contribution >= 0.6 is 15.9 Å². The van der Waals surface area contributed by atoms with Gasteiger partial charge in [0.1, 0.15) is 5.75 Å². The molecule has 1 fully saturated rings. The molecule has 2 heterocycles. The van der Waals surface area contributed by atoms with Crippen molar-refractivity contribution in [3.63, 3.8) is 0 Å². The van der Waals surface area contributed by atoms with Crippen LogP contribution in [0, 0.1) is 0 Å². The average molecular weight is 434 g/mol. The van der Waals surface area contributed by atoms with Crippen LogP contribution in [-0.4, -0.2) is 66.1 Å². The van der Waals surface area contributed by atoms with Crippen LogP contribution in [0.3, 0.4) is 0 Å². The zero-order valence-corrected chi connectivity index (χ0v) is 16.9. The van der Waals surface area contributed by atoms with Gasteiger partial charge >= 0.3 is 0 Å². The van der Waals surface area contributed by atoms with Crippen molar-refractivity contribution in [2.24, 2.45) is 0 Å². The minimum Gasteiger partial charge on any atom is -0.481 e. The van der Waals surface area contributed by atoms with Crippen molar-refractivity contribution in [1.82, 2.24) is 20.2 Å². The number of halogens is 1. The van der Waals surface area contributed by atoms with Gasteiger partial charge < -0.3 is 15.0 Å². The average Bonchev–Trinajstić information content (AvgIpc) is 2.71. The molecule has 7 nitrogen and oxygen atoms in total. The van der Waals surface area contributed by atoms with Crippen LogP contribution in [0.15, 0.2) is 47.2 Å². The third-order valence-electron chi connectivity index (χ3n) is 4.43. The molecule has 0 radical (unpaired) electrons. The molecule has 1 unspecified atom stereocenters. The Bertz CT molecular complexity index is 721. The molecule has 1 aliphatic heterocycles. The van der Waals surface area contributed by atoms with Crippen LogP contribution in [0.25, 0.3) is 0 Å². The Morgan fingerprint density at radius 2 is 1.85 bits per heavy atom. The zero-order valence-electron chi connectivity index (χ0n) is 15.3. The largest absolute Gasteiger partial charge is 0.481 e. The number of benzene rings is 1. The third-order valence-corrected chi connectivity index (χ3v) is 4.96. The Balaban J connectivity index is 1.35. The summed E-state index contributed by atoms with van der Waals surface area (Å²) in [4.78, 5) is 25.3. The van der Waals surface area contributed by atoms with E-state index in [9.17, 15) is 4.79 Å². The summed E-state index contributed by atoms with van der Waals surface area (Å²) in [6.45, 7) is 6.82. The molecule has 3 rings (SSSR count). The van der Waals surface area contributed by atoms with Crippen LogP contribution in [0.2, 0.25) is 0 Å². The Kier molecular flexibility index (Phi) is 7.00. The molecule has 0 spiro atoms. The number of piperazine rings is 1. The van der Waals surface area contributed by atoms with E-state index in [2.05, 4.69) is 41.0 Å². The van der Waals surface area contributed by atoms with Crippen molar-refractivity contribution in [1.29, 1.82) is 0 Å². The summed E-state index contributed by atoms with van der Waals surface area (Å²) in [7, 11) is 0. The Morgan fingerprint density at radius 3 is 2.52 bits per heavy atom. The first-order chi connectivity index (χ1) is 13.1. The number of ether oxygens (including phenoxy) is 1. The van der Waals surface area contributed by atoms with Crippen molar-refractivity contribution in [3.05, 3.63) is 47.2 Å². The number of nitrogens with one attached hydrogen (secondary N) is 1. The van der Waals surface area contributed by atoms with Gasteiger partial charge in [-0.1, -0.05) is 15.9 Å². The highest BCUT2D eigenvalue weighted by atomic mass is 79.9. The number of amides is 1. The Morgan fingerprint density at radius 1 is 1.19 bits per heavy atom. The summed E-state index contributed by atoms with van der Waals surface area (Å²) in [5, 5.41) is 2.95. The molecule has 1 aromatic heterocycles. The molecule has 1 N–H and O–H groups in total. The molecule has 2 aromatic rings. The maximum Gasteiger partial charge on any atom is 0.260 e. The van der Waals surface area contributed by atoms with Gasteiger partial charge in [0.25, 0.3) is 5.91 Å². The minimum atomic E-state index is -0.529. The maximum atomic E-state index is 12.2. The van der Waals surface area contributed by atoms with Crippen LogP contribution in [0.5, 0.6) is 5.75 Å². The second-order valence-electron chi connectivity index (χ2n) is 6.38. The third kappa shape index (κ3) is 5.90. The van der Waals surface area contributed by atoms with Gasteiger partial charge in [0.15, 0.2) is 6.10 Å². The van der Waals surface area contributed by atoms with Gasteiger partial charge in [-0.2, -0.15) is 0 Å². The molecular weight excluding hydrogens is 410 g/mol. The number of carbonyl (C=O) groups is 1. The highest BCUT2D eigenvalue weighted by Gasteiger charge is 2.19. The van der Waals surface area contributed by atoms with Crippen molar-refractivity contribution in [2.45, 2.75) is 13.0 Å². The van der Waals surface area contributed by atoms with E-state index in [0.717, 1.165) is 43.1 Å². The standard InChI is InChI=1S/C19H24BrN5O2/c1-15(27-17-5-3-16(20)4-6-17)18(26)21-9-10-24-11-13-25(14-12-24)19-22-7-2-8-23-19/h2-8,15H,9-14H2,1H3,(H,21,26). The molecule has 0 saturated carbocycles. The molecule has 0 aliphatic carbocycles. The second-order valence-corrected chi connectivity index (χ2v) is 7.30. The summed E-state index contributed by atoms with van der Waals surface area (Å²) in [6, 6.07) is 9.28. The van der Waals surface area contributed by atoms with Crippen LogP contribution in [0.4, 0.5) is 5.95 Å². The predicted octanol–water partition coefficient (Wildman–Crippen LogP) is 1.94. The van der Waals surface area contributed by atoms with E-state index in [1.807, 2.05) is 30.3 Å². The van der Waals surface area contributed by atoms with Crippen molar-refractivity contribution < 1.29 is 9.53 Å². The van der Waals surface area contributed by atoms with Gasteiger partial charge in [-0.25, -0.2) is 9.97 Å². The molecule has 1 aliphatic rings. The van der Waals surface area contributed by atoms with Crippen molar-refractivity contribution in [3.8, 4) is 5.75 Å². The summed E-state index contributed by atoms with van der Waals surface area (Å²) < 4.78 is 6.65. The first-order valence-electron chi connectivity index (χ1n) is 9.06. The summed E-state index contributed by atoms with van der Waals surface area (Å²) in [5.41, 5.74) is 0. The Labute approximate surface area is 167 Å². The summed E-state index contributed by atoms with van der Waals surface area (Å²) in [6.07, 6.45) is 3.00. The van der Waals surface area contributed by atoms with Crippen LogP contribution in [0.1, 0.15) is 6.92 Å². The van der Waals surface area contributed by atoms with E-state index >= 15 is 0 Å². The molecule has 1 amide bonds. The maximum absolute atomic E-state index is 12.2. The van der Waals surface area contributed by atoms with E-state index in [-0.39, 0.29) is 5.91 Å². The molecule has 144 valence electrons. The first kappa shape index (κ1) is 19.6. The predicted molar refractivity (Wildman–Crippen MR) is 108 cm³/mol. The van der Waals surface area contributed by atoms with Gasteiger partial charge in [-0.3, -0.25) is 9.69 Å². The number of rotatable bonds is 7. The molecule has 8 heteroatoms. The number of anilines is 1. The second kappa shape index (κ2) is 9.66. The normalized spacial score (nSPS) is 16.0. The fourth-order valence-electron chi connectivity index (χ4n) is 2.88. The highest BCUT2D eigenvalue weighted by Crippen LogP contribution is 2.17. The smallest absolute Gasteiger partial charge is 0.260 e. The lowest BCUT2D eigenvalue weighted by molar-refractivity contribution is -0.127. The van der Waals surface area contributed by atoms with E-state index < -0.39 is 6.10 Å². The summed E-state index contributed by atoms with van der Waals surface area (Å²) >= 11 is 3.38. The fraction of sp³-hybridized carbons (Fsp3) is 0.421. The van der Waals surface area contributed by atoms with E-state index in [4.69, 9.17) is 4.74 Å². The quantitative estimate of drug-likeness (QED) is 0.719. The van der Waals surface area contributed by atoms with Gasteiger partial charge in [0, 0.05) is 56.1 Å². The topological polar surface area (TPSA) is 70.6 Å². The number of aromatic nitrogens is 2. The zero-order chi connectivity index (χ0) is 19.1. The van der Waals surface area contributed by atoms with Crippen LogP contribution < -0.4 is 15.0 Å². The molecule has 1 atom stereocenters. The van der Waals surface area contributed by atoms with E-state index in [1.165, 1.54) is 0 Å². The lowest BCUT2D eigenvalue weighted by atomic mass is 10.3. The van der Waals surface area contributed by atoms with Crippen molar-refractivity contribution >= 4 is 27.8 Å². The van der Waals surface area contributed by atoms with E-state index in [1.54, 1.807) is 19.3 Å². The molecule has 1 aromatic carbocycles. The SMILES string of the molecule is CC(Oc1ccc(Br)cc1)C(=O)NCCN1CCN(c2ncccn2)CC1. The number of nitrogens with zero attached hydrogens (tertiary/aromatic N) is 4. The van der Waals surface area contributed by atoms with Gasteiger partial charge in [0.05, 0.1) is 0 Å². The van der Waals surface area contributed by atoms with Crippen molar-refractivity contribution in [2.75, 3.05) is 44.2 Å². The molecule has 1 saturated heterocycles. The van der Waals surface area contributed by atoms with Gasteiger partial charge in [-0.15, -0.1) is 0 Å². The lowest BCUT2D eigenvalue weighted by Crippen LogP contribution is -2.49. The number of carbonyl (C=O) groups excluding carboxylic acids is 1. The molecule has 0 bridgehead atoms. The first-order valence-corrected chi connectivity index (χ1v) is 9.85. The lowest BCUT2D eigenvalue weighted by Gasteiger charge is -2.34. The Hall–Kier alpha value is -2.19. The highest BCUT2D eigenvalue weighted by molar-refractivity contribution is 9.10. The number of hydrogen-bond donors (Lipinski definition) is 1. The fourth-order valence-corrected chi connectivity index (χ4v) is 3.14. The minimum absolute atomic E-state index is 0.103.